The Kier molecular flexibility index (Phi) is 6.15. The average Bonchev–Trinajstić information content (AvgIpc) is 3.16. The predicted molar refractivity (Wildman–Crippen MR) is 100.0 cm³/mol. The van der Waals surface area contributed by atoms with Gasteiger partial charge in [-0.15, -0.1) is 11.3 Å². The molecule has 0 atom stereocenters. The second-order valence-electron chi connectivity index (χ2n) is 5.96. The minimum Gasteiger partial charge on any atom is -0.357 e. The third kappa shape index (κ3) is 5.09. The molecule has 1 aliphatic rings. The van der Waals surface area contributed by atoms with E-state index in [9.17, 15) is 13.2 Å². The molecule has 1 N–H and O–H groups in total. The molecule has 146 valence electrons. The van der Waals surface area contributed by atoms with Crippen LogP contribution in [-0.2, 0) is 12.7 Å². The summed E-state index contributed by atoms with van der Waals surface area (Å²) in [5, 5.41) is 4.59. The van der Waals surface area contributed by atoms with Gasteiger partial charge in [-0.3, -0.25) is 0 Å². The van der Waals surface area contributed by atoms with Gasteiger partial charge < -0.3 is 15.1 Å². The van der Waals surface area contributed by atoms with E-state index < -0.39 is 11.9 Å². The van der Waals surface area contributed by atoms with Gasteiger partial charge in [0.1, 0.15) is 10.8 Å². The van der Waals surface area contributed by atoms with Crippen LogP contribution in [0, 0.1) is 0 Å². The molecule has 10 heteroatoms. The van der Waals surface area contributed by atoms with E-state index in [-0.39, 0.29) is 6.54 Å². The average molecular weight is 398 g/mol. The molecular weight excluding hydrogens is 377 g/mol. The van der Waals surface area contributed by atoms with Crippen molar-refractivity contribution in [3.8, 4) is 0 Å². The lowest BCUT2D eigenvalue weighted by molar-refractivity contribution is -0.140. The quantitative estimate of drug-likeness (QED) is 0.634. The van der Waals surface area contributed by atoms with Crippen LogP contribution in [-0.4, -0.2) is 53.6 Å². The number of thiazole rings is 1. The fourth-order valence-corrected chi connectivity index (χ4v) is 3.49. The molecule has 0 amide bonds. The summed E-state index contributed by atoms with van der Waals surface area (Å²) < 4.78 is 38.0. The van der Waals surface area contributed by atoms with Gasteiger partial charge in [0.05, 0.1) is 6.54 Å². The van der Waals surface area contributed by atoms with Crippen molar-refractivity contribution >= 4 is 23.1 Å². The Bertz CT molecular complexity index is 754. The minimum absolute atomic E-state index is 0.129. The number of pyridine rings is 1. The summed E-state index contributed by atoms with van der Waals surface area (Å²) in [6.45, 7) is 5.90. The number of hydrogen-bond donors (Lipinski definition) is 1. The van der Waals surface area contributed by atoms with E-state index in [1.807, 2.05) is 25.1 Å². The van der Waals surface area contributed by atoms with Gasteiger partial charge in [0.2, 0.25) is 0 Å². The van der Waals surface area contributed by atoms with Gasteiger partial charge in [0, 0.05) is 44.3 Å². The molecule has 0 bridgehead atoms. The molecule has 3 rings (SSSR count). The Balaban J connectivity index is 1.62. The molecule has 2 aromatic heterocycles. The van der Waals surface area contributed by atoms with Crippen LogP contribution in [0.15, 0.2) is 34.8 Å². The van der Waals surface area contributed by atoms with Gasteiger partial charge in [-0.1, -0.05) is 6.07 Å². The molecular formula is C17H21F3N6S. The molecule has 2 aromatic rings. The molecule has 3 heterocycles. The fourth-order valence-electron chi connectivity index (χ4n) is 2.77. The van der Waals surface area contributed by atoms with Crippen molar-refractivity contribution in [3.63, 3.8) is 0 Å². The number of aliphatic imine (C=N–C) groups is 1. The maximum Gasteiger partial charge on any atom is 0.434 e. The normalized spacial score (nSPS) is 15.9. The summed E-state index contributed by atoms with van der Waals surface area (Å²) in [7, 11) is 0. The summed E-state index contributed by atoms with van der Waals surface area (Å²) in [6, 6.07) is 5.83. The maximum atomic E-state index is 12.7. The monoisotopic (exact) mass is 398 g/mol. The summed E-state index contributed by atoms with van der Waals surface area (Å²) in [5.74, 6) is 1.64. The van der Waals surface area contributed by atoms with Crippen LogP contribution in [0.4, 0.5) is 19.0 Å². The van der Waals surface area contributed by atoms with Crippen molar-refractivity contribution in [2.75, 3.05) is 37.6 Å². The molecule has 1 fully saturated rings. The lowest BCUT2D eigenvalue weighted by Crippen LogP contribution is -2.52. The zero-order valence-electron chi connectivity index (χ0n) is 14.9. The molecule has 1 aliphatic heterocycles. The molecule has 0 saturated carbocycles. The summed E-state index contributed by atoms with van der Waals surface area (Å²) in [4.78, 5) is 16.8. The highest BCUT2D eigenvalue weighted by atomic mass is 32.1. The molecule has 0 spiro atoms. The van der Waals surface area contributed by atoms with E-state index in [2.05, 4.69) is 30.1 Å². The first kappa shape index (κ1) is 19.4. The predicted octanol–water partition coefficient (Wildman–Crippen LogP) is 2.84. The number of anilines is 1. The lowest BCUT2D eigenvalue weighted by Gasteiger charge is -2.37. The minimum atomic E-state index is -4.41. The standard InChI is InChI=1S/C17H21F3N6S/c1-2-21-16(23-11-15-24-13(12-27-15)17(18,19)20)26-9-7-25(8-10-26)14-5-3-4-6-22-14/h3-6,12H,2,7-11H2,1H3,(H,21,23). The highest BCUT2D eigenvalue weighted by molar-refractivity contribution is 7.09. The number of piperazine rings is 1. The Morgan fingerprint density at radius 3 is 2.63 bits per heavy atom. The zero-order chi connectivity index (χ0) is 19.3. The number of halogens is 3. The van der Waals surface area contributed by atoms with Gasteiger partial charge in [-0.2, -0.15) is 13.2 Å². The number of nitrogens with zero attached hydrogens (tertiary/aromatic N) is 5. The molecule has 27 heavy (non-hydrogen) atoms. The third-order valence-electron chi connectivity index (χ3n) is 4.09. The lowest BCUT2D eigenvalue weighted by atomic mass is 10.3. The van der Waals surface area contributed by atoms with Crippen molar-refractivity contribution in [1.29, 1.82) is 0 Å². The van der Waals surface area contributed by atoms with Crippen LogP contribution in [0.3, 0.4) is 0 Å². The molecule has 0 aromatic carbocycles. The molecule has 0 radical (unpaired) electrons. The van der Waals surface area contributed by atoms with Crippen molar-refractivity contribution < 1.29 is 13.2 Å². The topological polar surface area (TPSA) is 56.7 Å². The molecule has 0 aliphatic carbocycles. The van der Waals surface area contributed by atoms with Crippen LogP contribution in [0.25, 0.3) is 0 Å². The SMILES string of the molecule is CCNC(=NCc1nc(C(F)(F)F)cs1)N1CCN(c2ccccn2)CC1. The number of aromatic nitrogens is 2. The Morgan fingerprint density at radius 2 is 2.04 bits per heavy atom. The van der Waals surface area contributed by atoms with Crippen LogP contribution < -0.4 is 10.2 Å². The van der Waals surface area contributed by atoms with Gasteiger partial charge in [-0.25, -0.2) is 15.0 Å². The van der Waals surface area contributed by atoms with Gasteiger partial charge in [-0.05, 0) is 19.1 Å². The Hall–Kier alpha value is -2.36. The number of hydrogen-bond acceptors (Lipinski definition) is 5. The van der Waals surface area contributed by atoms with Gasteiger partial charge in [0.15, 0.2) is 11.7 Å². The smallest absolute Gasteiger partial charge is 0.357 e. The number of rotatable bonds is 4. The van der Waals surface area contributed by atoms with E-state index in [1.54, 1.807) is 6.20 Å². The van der Waals surface area contributed by atoms with E-state index in [0.717, 1.165) is 48.7 Å². The van der Waals surface area contributed by atoms with Crippen molar-refractivity contribution in [1.82, 2.24) is 20.2 Å². The first-order valence-corrected chi connectivity index (χ1v) is 9.56. The molecule has 6 nitrogen and oxygen atoms in total. The van der Waals surface area contributed by atoms with E-state index in [0.29, 0.717) is 17.5 Å². The second kappa shape index (κ2) is 8.55. The van der Waals surface area contributed by atoms with Crippen molar-refractivity contribution in [2.24, 2.45) is 4.99 Å². The highest BCUT2D eigenvalue weighted by Gasteiger charge is 2.33. The number of guanidine groups is 1. The third-order valence-corrected chi connectivity index (χ3v) is 4.93. The van der Waals surface area contributed by atoms with Gasteiger partial charge >= 0.3 is 6.18 Å². The summed E-state index contributed by atoms with van der Waals surface area (Å²) in [6.07, 6.45) is -2.64. The Labute approximate surface area is 159 Å². The van der Waals surface area contributed by atoms with Crippen molar-refractivity contribution in [2.45, 2.75) is 19.6 Å². The van der Waals surface area contributed by atoms with Gasteiger partial charge in [0.25, 0.3) is 0 Å². The van der Waals surface area contributed by atoms with E-state index in [4.69, 9.17) is 0 Å². The summed E-state index contributed by atoms with van der Waals surface area (Å²) in [5.41, 5.74) is -0.855. The first-order valence-electron chi connectivity index (χ1n) is 8.68. The maximum absolute atomic E-state index is 12.7. The first-order chi connectivity index (χ1) is 13.0. The highest BCUT2D eigenvalue weighted by Crippen LogP contribution is 2.30. The number of alkyl halides is 3. The van der Waals surface area contributed by atoms with Crippen LogP contribution >= 0.6 is 11.3 Å². The van der Waals surface area contributed by atoms with E-state index >= 15 is 0 Å². The Morgan fingerprint density at radius 1 is 1.26 bits per heavy atom. The van der Waals surface area contributed by atoms with Crippen LogP contribution in [0.2, 0.25) is 0 Å². The second-order valence-corrected chi connectivity index (χ2v) is 6.90. The molecule has 1 saturated heterocycles. The van der Waals surface area contributed by atoms with E-state index in [1.165, 1.54) is 0 Å². The van der Waals surface area contributed by atoms with Crippen LogP contribution in [0.5, 0.6) is 0 Å². The zero-order valence-corrected chi connectivity index (χ0v) is 15.7. The van der Waals surface area contributed by atoms with Crippen LogP contribution in [0.1, 0.15) is 17.6 Å². The summed E-state index contributed by atoms with van der Waals surface area (Å²) >= 11 is 0.980. The van der Waals surface area contributed by atoms with Crippen molar-refractivity contribution in [3.05, 3.63) is 40.5 Å². The fraction of sp³-hybridized carbons (Fsp3) is 0.471. The largest absolute Gasteiger partial charge is 0.434 e. The molecule has 0 unspecified atom stereocenters. The number of nitrogens with one attached hydrogen (secondary N) is 1.